The number of alkyl halides is 1. The Balaban J connectivity index is 2.09. The molecule has 2 heterocycles. The Morgan fingerprint density at radius 1 is 1.50 bits per heavy atom. The van der Waals surface area contributed by atoms with Crippen LogP contribution in [0.3, 0.4) is 0 Å². The molecule has 0 spiro atoms. The van der Waals surface area contributed by atoms with Crippen LogP contribution in [0, 0.1) is 0 Å². The summed E-state index contributed by atoms with van der Waals surface area (Å²) in [4.78, 5) is 43.3. The molecule has 0 radical (unpaired) electrons. The van der Waals surface area contributed by atoms with Crippen molar-refractivity contribution >= 4 is 14.6 Å². The van der Waals surface area contributed by atoms with Gasteiger partial charge in [0.05, 0.1) is 12.7 Å². The highest BCUT2D eigenvalue weighted by Crippen LogP contribution is 2.40. The number of hydrogen-bond acceptors (Lipinski definition) is 8. The van der Waals surface area contributed by atoms with Gasteiger partial charge >= 0.3 is 11.7 Å². The van der Waals surface area contributed by atoms with Crippen molar-refractivity contribution < 1.29 is 33.2 Å². The van der Waals surface area contributed by atoms with Gasteiger partial charge in [0.15, 0.2) is 11.9 Å². The molecule has 2 rings (SSSR count). The Morgan fingerprint density at radius 3 is 2.73 bits per heavy atom. The molecule has 0 amide bonds. The molecular weight excluding hydrogens is 424 g/mol. The molecule has 1 unspecified atom stereocenters. The summed E-state index contributed by atoms with van der Waals surface area (Å²) in [6, 6.07) is -0.0363. The molecule has 1 fully saturated rings. The topological polar surface area (TPSA) is 140 Å². The minimum Gasteiger partial charge on any atom is -0.461 e. The number of hydroxylamine groups is 1. The number of aromatic nitrogens is 2. The third-order valence-electron chi connectivity index (χ3n) is 4.84. The smallest absolute Gasteiger partial charge is 0.330 e. The fourth-order valence-corrected chi connectivity index (χ4v) is 3.14. The van der Waals surface area contributed by atoms with Crippen molar-refractivity contribution in [3.63, 3.8) is 0 Å². The van der Waals surface area contributed by atoms with E-state index in [2.05, 4.69) is 0 Å². The summed E-state index contributed by atoms with van der Waals surface area (Å²) in [6.45, 7) is 5.51. The van der Waals surface area contributed by atoms with Gasteiger partial charge in [-0.05, 0) is 27.2 Å². The number of halogens is 1. The van der Waals surface area contributed by atoms with E-state index in [9.17, 15) is 24.1 Å². The molecule has 1 aromatic heterocycles. The number of aromatic amines is 1. The highest BCUT2D eigenvalue weighted by Gasteiger charge is 2.55. The normalized spacial score (nSPS) is 28.6. The fourth-order valence-electron chi connectivity index (χ4n) is 2.79. The lowest BCUT2D eigenvalue weighted by atomic mass is 9.98. The molecule has 1 saturated heterocycles. The fraction of sp³-hybridized carbons (Fsp3) is 0.706. The van der Waals surface area contributed by atoms with Crippen LogP contribution in [0.4, 0.5) is 4.39 Å². The lowest BCUT2D eigenvalue weighted by Crippen LogP contribution is -2.44. The van der Waals surface area contributed by atoms with Gasteiger partial charge in [-0.2, -0.15) is 0 Å². The van der Waals surface area contributed by atoms with Crippen LogP contribution < -0.4 is 11.2 Å². The van der Waals surface area contributed by atoms with E-state index in [1.807, 2.05) is 11.9 Å². The molecule has 1 aromatic rings. The van der Waals surface area contributed by atoms with Gasteiger partial charge in [-0.3, -0.25) is 28.5 Å². The number of aliphatic hydroxyl groups is 1. The first-order chi connectivity index (χ1) is 14.0. The highest BCUT2D eigenvalue weighted by molar-refractivity contribution is 7.20. The summed E-state index contributed by atoms with van der Waals surface area (Å²) >= 11 is 0. The van der Waals surface area contributed by atoms with Crippen LogP contribution >= 0.6 is 8.61 Å². The van der Waals surface area contributed by atoms with Crippen molar-refractivity contribution in [1.29, 1.82) is 0 Å². The number of carbonyl (C=O) groups excluding carboxylic acids is 1. The number of nitrogens with one attached hydrogen (secondary N) is 1. The van der Waals surface area contributed by atoms with E-state index in [1.165, 1.54) is 6.92 Å². The molecule has 168 valence electrons. The predicted molar refractivity (Wildman–Crippen MR) is 101 cm³/mol. The average molecular weight is 449 g/mol. The summed E-state index contributed by atoms with van der Waals surface area (Å²) in [5, 5.41) is 10.3. The molecule has 0 bridgehead atoms. The molecule has 11 nitrogen and oxygen atoms in total. The van der Waals surface area contributed by atoms with Gasteiger partial charge in [0.25, 0.3) is 14.2 Å². The zero-order chi connectivity index (χ0) is 22.6. The molecule has 2 N–H and O–H groups in total. The van der Waals surface area contributed by atoms with Crippen LogP contribution in [0.1, 0.15) is 40.3 Å². The predicted octanol–water partition coefficient (Wildman–Crippen LogP) is 0.694. The quantitative estimate of drug-likeness (QED) is 0.317. The first kappa shape index (κ1) is 24.3. The van der Waals surface area contributed by atoms with Crippen LogP contribution in [0.5, 0.6) is 0 Å². The zero-order valence-corrected chi connectivity index (χ0v) is 17.9. The minimum absolute atomic E-state index is 0.339. The third kappa shape index (κ3) is 5.19. The lowest BCUT2D eigenvalue weighted by molar-refractivity contribution is -0.180. The van der Waals surface area contributed by atoms with E-state index >= 15 is 4.39 Å². The molecule has 0 saturated carbocycles. The van der Waals surface area contributed by atoms with Crippen molar-refractivity contribution in [2.45, 2.75) is 70.4 Å². The third-order valence-corrected chi connectivity index (χ3v) is 5.46. The van der Waals surface area contributed by atoms with Gasteiger partial charge in [-0.25, -0.2) is 9.18 Å². The van der Waals surface area contributed by atoms with E-state index in [4.69, 9.17) is 14.3 Å². The average Bonchev–Trinajstić information content (AvgIpc) is 2.91. The maximum absolute atomic E-state index is 15.1. The standard InChI is InChI=1S/C17H25FN3O8P/c1-5-9(2)28-14(24)10(3)21(30-26)27-8-11-13(23)17(4,18)15(29-11)20-7-6-12(22)19-16(20)25/h6-7,9-11,13,15,23H,5,8H2,1-4H3,(H,19,22,25)/t9?,10-,11+,13+,15+,17+/m0/s1. The van der Waals surface area contributed by atoms with Gasteiger partial charge < -0.3 is 14.6 Å². The molecule has 1 aliphatic rings. The lowest BCUT2D eigenvalue weighted by Gasteiger charge is -2.25. The molecule has 6 atom stereocenters. The molecule has 13 heteroatoms. The molecule has 0 aliphatic carbocycles. The Labute approximate surface area is 172 Å². The number of hydrogen-bond donors (Lipinski definition) is 2. The van der Waals surface area contributed by atoms with Crippen molar-refractivity contribution in [3.05, 3.63) is 33.1 Å². The first-order valence-corrected chi connectivity index (χ1v) is 10.1. The Kier molecular flexibility index (Phi) is 8.00. The van der Waals surface area contributed by atoms with Crippen LogP contribution in [0.25, 0.3) is 0 Å². The summed E-state index contributed by atoms with van der Waals surface area (Å²) in [7, 11) is -0.661. The highest BCUT2D eigenvalue weighted by atomic mass is 31.1. The number of ether oxygens (including phenoxy) is 2. The van der Waals surface area contributed by atoms with Gasteiger partial charge in [0, 0.05) is 12.3 Å². The van der Waals surface area contributed by atoms with E-state index in [0.717, 1.165) is 28.6 Å². The number of esters is 1. The minimum atomic E-state index is -2.41. The van der Waals surface area contributed by atoms with Crippen molar-refractivity contribution in [3.8, 4) is 0 Å². The summed E-state index contributed by atoms with van der Waals surface area (Å²) in [6.07, 6.45) is -3.21. The number of H-pyrrole nitrogens is 1. The summed E-state index contributed by atoms with van der Waals surface area (Å²) < 4.78 is 38.0. The Hall–Kier alpha value is -1.98. The summed E-state index contributed by atoms with van der Waals surface area (Å²) in [5.74, 6) is -0.673. The van der Waals surface area contributed by atoms with E-state index in [1.54, 1.807) is 6.92 Å². The zero-order valence-electron chi connectivity index (χ0n) is 17.0. The second-order valence-electron chi connectivity index (χ2n) is 7.15. The van der Waals surface area contributed by atoms with Gasteiger partial charge in [0.2, 0.25) is 0 Å². The Bertz CT molecular complexity index is 875. The number of rotatable bonds is 9. The van der Waals surface area contributed by atoms with E-state index < -0.39 is 62.6 Å². The number of aliphatic hydroxyl groups excluding tert-OH is 1. The molecule has 1 aliphatic heterocycles. The van der Waals surface area contributed by atoms with Crippen molar-refractivity contribution in [1.82, 2.24) is 14.4 Å². The van der Waals surface area contributed by atoms with Gasteiger partial charge in [0.1, 0.15) is 18.2 Å². The van der Waals surface area contributed by atoms with Crippen LogP contribution in [0.15, 0.2) is 21.9 Å². The SMILES string of the molecule is CCC(C)OC(=O)[C@H](C)N(OC[C@H]1O[C@@H](n2ccc(=O)[nH]c2=O)[C@](C)(F)[C@@H]1O)P=O. The maximum atomic E-state index is 15.1. The second kappa shape index (κ2) is 9.88. The Morgan fingerprint density at radius 2 is 2.17 bits per heavy atom. The van der Waals surface area contributed by atoms with E-state index in [-0.39, 0.29) is 6.10 Å². The first-order valence-electron chi connectivity index (χ1n) is 9.32. The van der Waals surface area contributed by atoms with Gasteiger partial charge in [-0.1, -0.05) is 11.8 Å². The second-order valence-corrected chi connectivity index (χ2v) is 7.71. The van der Waals surface area contributed by atoms with Crippen molar-refractivity contribution in [2.75, 3.05) is 6.61 Å². The van der Waals surface area contributed by atoms with E-state index in [0.29, 0.717) is 6.42 Å². The monoisotopic (exact) mass is 449 g/mol. The number of carbonyl (C=O) groups is 1. The molecule has 0 aromatic carbocycles. The largest absolute Gasteiger partial charge is 0.461 e. The molecule has 30 heavy (non-hydrogen) atoms. The van der Waals surface area contributed by atoms with Crippen molar-refractivity contribution in [2.24, 2.45) is 0 Å². The van der Waals surface area contributed by atoms with Crippen LogP contribution in [-0.2, 0) is 23.7 Å². The van der Waals surface area contributed by atoms with Gasteiger partial charge in [-0.15, -0.1) is 0 Å². The maximum Gasteiger partial charge on any atom is 0.330 e. The number of nitrogens with zero attached hydrogens (tertiary/aromatic N) is 2. The van der Waals surface area contributed by atoms with Crippen LogP contribution in [0.2, 0.25) is 0 Å². The summed E-state index contributed by atoms with van der Waals surface area (Å²) in [5.41, 5.74) is -3.98. The molecular formula is C17H25FN3O8P. The van der Waals surface area contributed by atoms with Crippen LogP contribution in [-0.4, -0.2) is 62.1 Å².